The van der Waals surface area contributed by atoms with Crippen LogP contribution in [0.25, 0.3) is 10.2 Å². The fourth-order valence-electron chi connectivity index (χ4n) is 3.71. The first-order valence-corrected chi connectivity index (χ1v) is 9.94. The van der Waals surface area contributed by atoms with Crippen LogP contribution in [0.2, 0.25) is 0 Å². The minimum Gasteiger partial charge on any atom is -0.375 e. The average molecular weight is 366 g/mol. The van der Waals surface area contributed by atoms with E-state index in [9.17, 15) is 4.79 Å². The molecule has 1 fully saturated rings. The van der Waals surface area contributed by atoms with E-state index in [1.807, 2.05) is 18.2 Å². The molecule has 5 heteroatoms. The second-order valence-corrected chi connectivity index (χ2v) is 8.13. The Kier molecular flexibility index (Phi) is 5.00. The van der Waals surface area contributed by atoms with Gasteiger partial charge in [-0.25, -0.2) is 4.98 Å². The maximum atomic E-state index is 12.6. The van der Waals surface area contributed by atoms with E-state index < -0.39 is 0 Å². The number of piperidine rings is 1. The Balaban J connectivity index is 1.32. The van der Waals surface area contributed by atoms with Gasteiger partial charge in [-0.05, 0) is 62.0 Å². The minimum atomic E-state index is 0.181. The zero-order chi connectivity index (χ0) is 17.9. The van der Waals surface area contributed by atoms with E-state index in [-0.39, 0.29) is 5.78 Å². The van der Waals surface area contributed by atoms with Crippen molar-refractivity contribution in [3.63, 3.8) is 0 Å². The van der Waals surface area contributed by atoms with Crippen molar-refractivity contribution in [1.29, 1.82) is 0 Å². The highest BCUT2D eigenvalue weighted by molar-refractivity contribution is 7.22. The van der Waals surface area contributed by atoms with Crippen LogP contribution < -0.4 is 5.73 Å². The number of hydrogen-bond donors (Lipinski definition) is 1. The molecule has 0 atom stereocenters. The molecule has 0 aliphatic carbocycles. The van der Waals surface area contributed by atoms with Gasteiger partial charge in [0.1, 0.15) is 0 Å². The number of rotatable bonds is 5. The number of carbonyl (C=O) groups is 1. The molecule has 2 N–H and O–H groups in total. The maximum absolute atomic E-state index is 12.6. The van der Waals surface area contributed by atoms with E-state index in [1.54, 1.807) is 0 Å². The molecule has 0 unspecified atom stereocenters. The van der Waals surface area contributed by atoms with Crippen LogP contribution >= 0.6 is 11.3 Å². The number of thiazole rings is 1. The Labute approximate surface area is 157 Å². The summed E-state index contributed by atoms with van der Waals surface area (Å²) in [5.41, 5.74) is 8.79. The zero-order valence-corrected chi connectivity index (χ0v) is 15.5. The highest BCUT2D eigenvalue weighted by Crippen LogP contribution is 2.25. The van der Waals surface area contributed by atoms with Gasteiger partial charge in [0.15, 0.2) is 10.9 Å². The summed E-state index contributed by atoms with van der Waals surface area (Å²) in [5, 5.41) is 0.546. The Bertz CT molecular complexity index is 898. The molecule has 134 valence electrons. The van der Waals surface area contributed by atoms with E-state index in [0.29, 0.717) is 11.7 Å². The van der Waals surface area contributed by atoms with Gasteiger partial charge in [0.05, 0.1) is 16.8 Å². The number of benzene rings is 2. The van der Waals surface area contributed by atoms with E-state index in [0.717, 1.165) is 54.0 Å². The van der Waals surface area contributed by atoms with Gasteiger partial charge in [-0.1, -0.05) is 41.7 Å². The number of hydrogen-bond acceptors (Lipinski definition) is 5. The van der Waals surface area contributed by atoms with Crippen molar-refractivity contribution in [2.75, 3.05) is 25.4 Å². The van der Waals surface area contributed by atoms with Crippen LogP contribution in [0, 0.1) is 5.92 Å². The van der Waals surface area contributed by atoms with Crippen molar-refractivity contribution in [2.45, 2.75) is 19.3 Å². The van der Waals surface area contributed by atoms with Crippen LogP contribution in [0.4, 0.5) is 5.13 Å². The van der Waals surface area contributed by atoms with Crippen LogP contribution in [0.5, 0.6) is 0 Å². The lowest BCUT2D eigenvalue weighted by Crippen LogP contribution is -2.37. The van der Waals surface area contributed by atoms with Crippen LogP contribution in [-0.2, 0) is 6.42 Å². The minimum absolute atomic E-state index is 0.181. The first kappa shape index (κ1) is 17.2. The Hall–Kier alpha value is -2.24. The number of anilines is 1. The summed E-state index contributed by atoms with van der Waals surface area (Å²) < 4.78 is 0.981. The third kappa shape index (κ3) is 3.94. The molecule has 26 heavy (non-hydrogen) atoms. The van der Waals surface area contributed by atoms with Gasteiger partial charge < -0.3 is 5.73 Å². The topological polar surface area (TPSA) is 59.2 Å². The number of fused-ring (bicyclic) bond motifs is 1. The molecule has 2 aromatic carbocycles. The number of nitrogens with two attached hydrogens (primary N) is 1. The van der Waals surface area contributed by atoms with Gasteiger partial charge >= 0.3 is 0 Å². The number of carbonyl (C=O) groups excluding carboxylic acids is 1. The number of Topliss-reactive ketones (excluding diaryl/α,β-unsaturated/α-hetero) is 1. The molecule has 1 aromatic heterocycles. The average Bonchev–Trinajstić information content (AvgIpc) is 3.03. The Morgan fingerprint density at radius 1 is 1.15 bits per heavy atom. The number of ketones is 1. The first-order chi connectivity index (χ1) is 12.7. The highest BCUT2D eigenvalue weighted by Gasteiger charge is 2.21. The third-order valence-electron chi connectivity index (χ3n) is 5.17. The van der Waals surface area contributed by atoms with Crippen LogP contribution in [0.3, 0.4) is 0 Å². The van der Waals surface area contributed by atoms with Crippen LogP contribution in [-0.4, -0.2) is 35.3 Å². The molecule has 0 radical (unpaired) electrons. The number of aromatic nitrogens is 1. The smallest absolute Gasteiger partial charge is 0.181 e. The molecule has 4 nitrogen and oxygen atoms in total. The van der Waals surface area contributed by atoms with E-state index >= 15 is 0 Å². The molecule has 0 amide bonds. The molecule has 4 rings (SSSR count). The normalized spacial score (nSPS) is 16.2. The summed E-state index contributed by atoms with van der Waals surface area (Å²) in [5.74, 6) is 0.903. The third-order valence-corrected chi connectivity index (χ3v) is 6.02. The van der Waals surface area contributed by atoms with Crippen molar-refractivity contribution in [1.82, 2.24) is 9.88 Å². The van der Waals surface area contributed by atoms with Crippen molar-refractivity contribution in [3.8, 4) is 0 Å². The van der Waals surface area contributed by atoms with Gasteiger partial charge in [-0.15, -0.1) is 0 Å². The molecule has 3 aromatic rings. The molecule has 2 heterocycles. The van der Waals surface area contributed by atoms with E-state index in [1.165, 1.54) is 16.9 Å². The van der Waals surface area contributed by atoms with Gasteiger partial charge in [0.2, 0.25) is 0 Å². The van der Waals surface area contributed by atoms with Gasteiger partial charge in [-0.2, -0.15) is 0 Å². The first-order valence-electron chi connectivity index (χ1n) is 9.13. The lowest BCUT2D eigenvalue weighted by molar-refractivity contribution is 0.0895. The number of nitrogen functional groups attached to an aromatic ring is 1. The van der Waals surface area contributed by atoms with Gasteiger partial charge in [-0.3, -0.25) is 9.69 Å². The standard InChI is InChI=1S/C21H23N3OS/c22-21-23-18-7-6-17(13-20(18)26-21)19(25)14-24-10-8-16(9-11-24)12-15-4-2-1-3-5-15/h1-7,13,16H,8-12,14H2,(H2,22,23). The molecule has 0 bridgehead atoms. The largest absolute Gasteiger partial charge is 0.375 e. The monoisotopic (exact) mass is 365 g/mol. The van der Waals surface area contributed by atoms with E-state index in [2.05, 4.69) is 40.2 Å². The molecule has 1 saturated heterocycles. The Morgan fingerprint density at radius 2 is 1.92 bits per heavy atom. The van der Waals surface area contributed by atoms with Crippen LogP contribution in [0.15, 0.2) is 48.5 Å². The summed E-state index contributed by atoms with van der Waals surface area (Å²) in [6.45, 7) is 2.50. The highest BCUT2D eigenvalue weighted by atomic mass is 32.1. The van der Waals surface area contributed by atoms with Crippen molar-refractivity contribution < 1.29 is 4.79 Å². The summed E-state index contributed by atoms with van der Waals surface area (Å²) in [6.07, 6.45) is 3.46. The summed E-state index contributed by atoms with van der Waals surface area (Å²) in [4.78, 5) is 19.2. The second-order valence-electron chi connectivity index (χ2n) is 7.07. The molecular weight excluding hydrogens is 342 g/mol. The molecule has 0 spiro atoms. The number of nitrogens with zero attached hydrogens (tertiary/aromatic N) is 2. The lowest BCUT2D eigenvalue weighted by Gasteiger charge is -2.31. The fourth-order valence-corrected chi connectivity index (χ4v) is 4.48. The fraction of sp³-hybridized carbons (Fsp3) is 0.333. The SMILES string of the molecule is Nc1nc2ccc(C(=O)CN3CCC(Cc4ccccc4)CC3)cc2s1. The van der Waals surface area contributed by atoms with E-state index in [4.69, 9.17) is 5.73 Å². The lowest BCUT2D eigenvalue weighted by atomic mass is 9.90. The zero-order valence-electron chi connectivity index (χ0n) is 14.7. The molecule has 0 saturated carbocycles. The van der Waals surface area contributed by atoms with Gasteiger partial charge in [0, 0.05) is 5.56 Å². The summed E-state index contributed by atoms with van der Waals surface area (Å²) in [7, 11) is 0. The van der Waals surface area contributed by atoms with Gasteiger partial charge in [0.25, 0.3) is 0 Å². The van der Waals surface area contributed by atoms with Crippen molar-refractivity contribution >= 4 is 32.5 Å². The summed E-state index contributed by atoms with van der Waals surface area (Å²) in [6, 6.07) is 16.4. The number of likely N-dealkylation sites (tertiary alicyclic amines) is 1. The predicted molar refractivity (Wildman–Crippen MR) is 108 cm³/mol. The van der Waals surface area contributed by atoms with Crippen LogP contribution in [0.1, 0.15) is 28.8 Å². The quantitative estimate of drug-likeness (QED) is 0.694. The summed E-state index contributed by atoms with van der Waals surface area (Å²) >= 11 is 1.43. The predicted octanol–water partition coefficient (Wildman–Crippen LogP) is 4.02. The second kappa shape index (κ2) is 7.56. The molecule has 1 aliphatic heterocycles. The molecule has 1 aliphatic rings. The maximum Gasteiger partial charge on any atom is 0.181 e. The van der Waals surface area contributed by atoms with Crippen molar-refractivity contribution in [3.05, 3.63) is 59.7 Å². The molecular formula is C21H23N3OS. The van der Waals surface area contributed by atoms with Crippen molar-refractivity contribution in [2.24, 2.45) is 5.92 Å². The Morgan fingerprint density at radius 3 is 2.69 bits per heavy atom.